The van der Waals surface area contributed by atoms with E-state index in [0.717, 1.165) is 0 Å². The van der Waals surface area contributed by atoms with E-state index >= 15 is 0 Å². The molecule has 1 aromatic rings. The molecule has 0 aliphatic heterocycles. The van der Waals surface area contributed by atoms with Crippen LogP contribution < -0.4 is 5.73 Å². The Labute approximate surface area is 91.9 Å². The minimum atomic E-state index is 0. The molecule has 0 fully saturated rings. The van der Waals surface area contributed by atoms with Crippen molar-refractivity contribution in [2.24, 2.45) is 5.73 Å². The van der Waals surface area contributed by atoms with Crippen molar-refractivity contribution in [3.05, 3.63) is 35.4 Å². The molecule has 2 nitrogen and oxygen atoms in total. The Morgan fingerprint density at radius 3 is 2.29 bits per heavy atom. The lowest BCUT2D eigenvalue weighted by atomic mass is 10.1. The number of halogens is 1. The maximum atomic E-state index is 5.60. The van der Waals surface area contributed by atoms with Gasteiger partial charge in [0.15, 0.2) is 0 Å². The third-order valence-corrected chi connectivity index (χ3v) is 1.91. The molecule has 0 aliphatic carbocycles. The van der Waals surface area contributed by atoms with E-state index in [1.165, 1.54) is 11.1 Å². The predicted octanol–water partition coefficient (Wildman–Crippen LogP) is 2.49. The van der Waals surface area contributed by atoms with Crippen molar-refractivity contribution in [2.45, 2.75) is 33.1 Å². The fourth-order valence-corrected chi connectivity index (χ4v) is 1.15. The van der Waals surface area contributed by atoms with E-state index in [4.69, 9.17) is 10.5 Å². The van der Waals surface area contributed by atoms with Gasteiger partial charge in [-0.25, -0.2) is 0 Å². The van der Waals surface area contributed by atoms with Crippen LogP contribution in [0.4, 0.5) is 0 Å². The van der Waals surface area contributed by atoms with Gasteiger partial charge in [0.1, 0.15) is 0 Å². The number of benzene rings is 1. The standard InChI is InChI=1S/C11H17NO.ClH/c1-9(2)13-8-11-6-4-3-5-10(11)7-12;/h3-6,9H,7-8,12H2,1-2H3;1H. The van der Waals surface area contributed by atoms with Crippen molar-refractivity contribution in [3.8, 4) is 0 Å². The fourth-order valence-electron chi connectivity index (χ4n) is 1.15. The molecule has 80 valence electrons. The molecule has 0 saturated carbocycles. The van der Waals surface area contributed by atoms with Gasteiger partial charge in [0.2, 0.25) is 0 Å². The largest absolute Gasteiger partial charge is 0.374 e. The second kappa shape index (κ2) is 6.82. The van der Waals surface area contributed by atoms with Crippen LogP contribution >= 0.6 is 12.4 Å². The quantitative estimate of drug-likeness (QED) is 0.838. The van der Waals surface area contributed by atoms with Crippen molar-refractivity contribution >= 4 is 12.4 Å². The second-order valence-corrected chi connectivity index (χ2v) is 3.33. The molecule has 0 amide bonds. The zero-order valence-electron chi connectivity index (χ0n) is 8.69. The summed E-state index contributed by atoms with van der Waals surface area (Å²) < 4.78 is 5.51. The molecular formula is C11H18ClNO. The summed E-state index contributed by atoms with van der Waals surface area (Å²) in [6.07, 6.45) is 0.269. The van der Waals surface area contributed by atoms with E-state index in [-0.39, 0.29) is 18.5 Å². The molecule has 0 atom stereocenters. The molecule has 0 unspecified atom stereocenters. The average Bonchev–Trinajstić information content (AvgIpc) is 2.15. The first kappa shape index (κ1) is 13.4. The summed E-state index contributed by atoms with van der Waals surface area (Å²) >= 11 is 0. The SMILES string of the molecule is CC(C)OCc1ccccc1CN.Cl. The highest BCUT2D eigenvalue weighted by molar-refractivity contribution is 5.85. The third kappa shape index (κ3) is 4.09. The summed E-state index contributed by atoms with van der Waals surface area (Å²) in [6.45, 7) is 5.30. The molecule has 1 aromatic carbocycles. The summed E-state index contributed by atoms with van der Waals surface area (Å²) in [5, 5.41) is 0. The van der Waals surface area contributed by atoms with Gasteiger partial charge < -0.3 is 10.5 Å². The van der Waals surface area contributed by atoms with Crippen LogP contribution in [0.25, 0.3) is 0 Å². The molecule has 0 heterocycles. The summed E-state index contributed by atoms with van der Waals surface area (Å²) in [4.78, 5) is 0. The van der Waals surface area contributed by atoms with Crippen LogP contribution in [-0.2, 0) is 17.9 Å². The topological polar surface area (TPSA) is 35.2 Å². The van der Waals surface area contributed by atoms with E-state index in [0.29, 0.717) is 13.2 Å². The highest BCUT2D eigenvalue weighted by Gasteiger charge is 2.00. The van der Waals surface area contributed by atoms with Gasteiger partial charge in [-0.1, -0.05) is 24.3 Å². The van der Waals surface area contributed by atoms with Crippen LogP contribution in [0.3, 0.4) is 0 Å². The van der Waals surface area contributed by atoms with Crippen molar-refractivity contribution < 1.29 is 4.74 Å². The van der Waals surface area contributed by atoms with Crippen LogP contribution in [-0.4, -0.2) is 6.10 Å². The van der Waals surface area contributed by atoms with Gasteiger partial charge in [-0.05, 0) is 25.0 Å². The minimum absolute atomic E-state index is 0. The molecule has 2 N–H and O–H groups in total. The molecule has 1 rings (SSSR count). The van der Waals surface area contributed by atoms with E-state index in [2.05, 4.69) is 6.07 Å². The number of hydrogen-bond donors (Lipinski definition) is 1. The molecule has 0 aromatic heterocycles. The van der Waals surface area contributed by atoms with E-state index in [1.54, 1.807) is 0 Å². The molecule has 0 bridgehead atoms. The van der Waals surface area contributed by atoms with Crippen LogP contribution in [0.2, 0.25) is 0 Å². The Morgan fingerprint density at radius 2 is 1.79 bits per heavy atom. The van der Waals surface area contributed by atoms with Crippen LogP contribution in [0.15, 0.2) is 24.3 Å². The Morgan fingerprint density at radius 1 is 1.21 bits per heavy atom. The van der Waals surface area contributed by atoms with Gasteiger partial charge in [-0.3, -0.25) is 0 Å². The highest BCUT2D eigenvalue weighted by Crippen LogP contribution is 2.10. The maximum Gasteiger partial charge on any atom is 0.0723 e. The molecule has 14 heavy (non-hydrogen) atoms. The van der Waals surface area contributed by atoms with Crippen LogP contribution in [0, 0.1) is 0 Å². The van der Waals surface area contributed by atoms with Gasteiger partial charge >= 0.3 is 0 Å². The number of nitrogens with two attached hydrogens (primary N) is 1. The zero-order chi connectivity index (χ0) is 9.68. The Bertz CT molecular complexity index is 263. The Hall–Kier alpha value is -0.570. The lowest BCUT2D eigenvalue weighted by Gasteiger charge is -2.10. The summed E-state index contributed by atoms with van der Waals surface area (Å²) in [5.74, 6) is 0. The van der Waals surface area contributed by atoms with E-state index < -0.39 is 0 Å². The van der Waals surface area contributed by atoms with E-state index in [9.17, 15) is 0 Å². The second-order valence-electron chi connectivity index (χ2n) is 3.33. The molecule has 0 aliphatic rings. The number of rotatable bonds is 4. The normalized spacial score (nSPS) is 10.0. The lowest BCUT2D eigenvalue weighted by Crippen LogP contribution is -2.06. The summed E-state index contributed by atoms with van der Waals surface area (Å²) in [7, 11) is 0. The predicted molar refractivity (Wildman–Crippen MR) is 61.5 cm³/mol. The monoisotopic (exact) mass is 215 g/mol. The van der Waals surface area contributed by atoms with Crippen molar-refractivity contribution in [1.82, 2.24) is 0 Å². The molecule has 0 radical (unpaired) electrons. The number of hydrogen-bond acceptors (Lipinski definition) is 2. The molecule has 3 heteroatoms. The van der Waals surface area contributed by atoms with E-state index in [1.807, 2.05) is 32.0 Å². The number of ether oxygens (including phenoxy) is 1. The van der Waals surface area contributed by atoms with Crippen LogP contribution in [0.5, 0.6) is 0 Å². The van der Waals surface area contributed by atoms with Gasteiger partial charge in [0.05, 0.1) is 12.7 Å². The van der Waals surface area contributed by atoms with Crippen molar-refractivity contribution in [2.75, 3.05) is 0 Å². The van der Waals surface area contributed by atoms with Gasteiger partial charge in [0.25, 0.3) is 0 Å². The van der Waals surface area contributed by atoms with Crippen LogP contribution in [0.1, 0.15) is 25.0 Å². The fraction of sp³-hybridized carbons (Fsp3) is 0.455. The smallest absolute Gasteiger partial charge is 0.0723 e. The van der Waals surface area contributed by atoms with Gasteiger partial charge in [-0.15, -0.1) is 12.4 Å². The first-order chi connectivity index (χ1) is 6.24. The van der Waals surface area contributed by atoms with Crippen molar-refractivity contribution in [3.63, 3.8) is 0 Å². The average molecular weight is 216 g/mol. The first-order valence-corrected chi connectivity index (χ1v) is 4.62. The first-order valence-electron chi connectivity index (χ1n) is 4.62. The molecule has 0 spiro atoms. The minimum Gasteiger partial charge on any atom is -0.374 e. The van der Waals surface area contributed by atoms with Gasteiger partial charge in [0, 0.05) is 6.54 Å². The Kier molecular flexibility index (Phi) is 6.54. The van der Waals surface area contributed by atoms with Crippen molar-refractivity contribution in [1.29, 1.82) is 0 Å². The Balaban J connectivity index is 0.00000169. The summed E-state index contributed by atoms with van der Waals surface area (Å²) in [5.41, 5.74) is 7.96. The zero-order valence-corrected chi connectivity index (χ0v) is 9.51. The highest BCUT2D eigenvalue weighted by atomic mass is 35.5. The third-order valence-electron chi connectivity index (χ3n) is 1.91. The van der Waals surface area contributed by atoms with Gasteiger partial charge in [-0.2, -0.15) is 0 Å². The maximum absolute atomic E-state index is 5.60. The lowest BCUT2D eigenvalue weighted by molar-refractivity contribution is 0.0653. The molecular weight excluding hydrogens is 198 g/mol. The summed E-state index contributed by atoms with van der Waals surface area (Å²) in [6, 6.07) is 8.11. The molecule has 0 saturated heterocycles.